The van der Waals surface area contributed by atoms with Crippen molar-refractivity contribution in [3.05, 3.63) is 35.8 Å². The number of hydrogen-bond donors (Lipinski definition) is 1. The van der Waals surface area contributed by atoms with Crippen LogP contribution in [0.25, 0.3) is 5.65 Å². The maximum atomic E-state index is 12.2. The van der Waals surface area contributed by atoms with E-state index in [4.69, 9.17) is 0 Å². The fourth-order valence-corrected chi connectivity index (χ4v) is 3.53. The van der Waals surface area contributed by atoms with Crippen molar-refractivity contribution in [2.45, 2.75) is 25.6 Å². The summed E-state index contributed by atoms with van der Waals surface area (Å²) >= 11 is 1.64. The molecule has 24 heavy (non-hydrogen) atoms. The number of carbonyl (C=O) groups is 1. The minimum Gasteiger partial charge on any atom is -0.339 e. The van der Waals surface area contributed by atoms with E-state index in [0.29, 0.717) is 11.8 Å². The molecule has 0 saturated carbocycles. The zero-order valence-corrected chi connectivity index (χ0v) is 16.3. The number of halogens is 2. The number of imidazole rings is 1. The zero-order valence-electron chi connectivity index (χ0n) is 13.9. The molecule has 1 aliphatic heterocycles. The van der Waals surface area contributed by atoms with E-state index in [0.717, 1.165) is 36.7 Å². The average molecular weight is 391 g/mol. The van der Waals surface area contributed by atoms with E-state index in [2.05, 4.69) is 36.4 Å². The van der Waals surface area contributed by atoms with Gasteiger partial charge in [-0.1, -0.05) is 6.07 Å². The molecule has 134 valence electrons. The second-order valence-electron chi connectivity index (χ2n) is 5.89. The van der Waals surface area contributed by atoms with Crippen LogP contribution in [0.4, 0.5) is 0 Å². The summed E-state index contributed by atoms with van der Waals surface area (Å²) in [6, 6.07) is 4.48. The molecule has 3 rings (SSSR count). The first-order chi connectivity index (χ1) is 10.6. The predicted octanol–water partition coefficient (Wildman–Crippen LogP) is 2.54. The van der Waals surface area contributed by atoms with Crippen molar-refractivity contribution < 1.29 is 4.79 Å². The second kappa shape index (κ2) is 9.51. The molecule has 1 amide bonds. The van der Waals surface area contributed by atoms with E-state index in [9.17, 15) is 4.79 Å². The molecule has 0 aromatic carbocycles. The first kappa shape index (κ1) is 21.1. The highest BCUT2D eigenvalue weighted by Gasteiger charge is 2.20. The van der Waals surface area contributed by atoms with Gasteiger partial charge in [0, 0.05) is 43.8 Å². The van der Waals surface area contributed by atoms with Gasteiger partial charge in [0.15, 0.2) is 0 Å². The van der Waals surface area contributed by atoms with Crippen LogP contribution in [0.15, 0.2) is 24.5 Å². The Morgan fingerprint density at radius 3 is 2.92 bits per heavy atom. The van der Waals surface area contributed by atoms with E-state index in [-0.39, 0.29) is 30.7 Å². The number of piperazine rings is 1. The van der Waals surface area contributed by atoms with Gasteiger partial charge >= 0.3 is 0 Å². The third kappa shape index (κ3) is 5.28. The summed E-state index contributed by atoms with van der Waals surface area (Å²) in [4.78, 5) is 18.7. The van der Waals surface area contributed by atoms with Crippen LogP contribution in [0.3, 0.4) is 0 Å². The van der Waals surface area contributed by atoms with Crippen molar-refractivity contribution in [3.8, 4) is 0 Å². The fourth-order valence-electron chi connectivity index (χ4n) is 2.72. The minimum atomic E-state index is 0. The van der Waals surface area contributed by atoms with Gasteiger partial charge in [0.05, 0.1) is 11.4 Å². The molecule has 1 unspecified atom stereocenters. The zero-order chi connectivity index (χ0) is 15.5. The van der Waals surface area contributed by atoms with Gasteiger partial charge in [-0.05, 0) is 25.5 Å². The third-order valence-corrected chi connectivity index (χ3v) is 4.80. The Labute approximate surface area is 159 Å². The predicted molar refractivity (Wildman–Crippen MR) is 105 cm³/mol. The summed E-state index contributed by atoms with van der Waals surface area (Å²) in [6.45, 7) is 6.71. The number of pyridine rings is 1. The van der Waals surface area contributed by atoms with Crippen molar-refractivity contribution in [1.29, 1.82) is 0 Å². The van der Waals surface area contributed by atoms with Crippen molar-refractivity contribution in [1.82, 2.24) is 19.6 Å². The monoisotopic (exact) mass is 390 g/mol. The van der Waals surface area contributed by atoms with Crippen LogP contribution in [-0.4, -0.2) is 51.6 Å². The largest absolute Gasteiger partial charge is 0.339 e. The Morgan fingerprint density at radius 2 is 2.17 bits per heavy atom. The van der Waals surface area contributed by atoms with Crippen LogP contribution >= 0.6 is 36.6 Å². The van der Waals surface area contributed by atoms with Crippen LogP contribution in [-0.2, 0) is 10.5 Å². The molecule has 0 bridgehead atoms. The van der Waals surface area contributed by atoms with Crippen molar-refractivity contribution in [2.75, 3.05) is 25.4 Å². The van der Waals surface area contributed by atoms with Crippen molar-refractivity contribution in [3.63, 3.8) is 0 Å². The quantitative estimate of drug-likeness (QED) is 0.871. The van der Waals surface area contributed by atoms with Crippen LogP contribution in [0, 0.1) is 6.92 Å². The Hall–Kier alpha value is -0.950. The lowest BCUT2D eigenvalue weighted by Crippen LogP contribution is -2.51. The number of aryl methyl sites for hydroxylation is 1. The Balaban J connectivity index is 0.00000144. The summed E-state index contributed by atoms with van der Waals surface area (Å²) in [6.07, 6.45) is 4.12. The Morgan fingerprint density at radius 1 is 1.38 bits per heavy atom. The summed E-state index contributed by atoms with van der Waals surface area (Å²) in [5, 5.41) is 3.35. The number of carbonyl (C=O) groups excluding carboxylic acids is 1. The molecule has 1 fully saturated rings. The number of aromatic nitrogens is 2. The summed E-state index contributed by atoms with van der Waals surface area (Å²) in [5.74, 6) is 1.53. The summed E-state index contributed by atoms with van der Waals surface area (Å²) < 4.78 is 2.05. The van der Waals surface area contributed by atoms with Crippen molar-refractivity contribution in [2.24, 2.45) is 0 Å². The van der Waals surface area contributed by atoms with Gasteiger partial charge in [-0.3, -0.25) is 4.79 Å². The number of nitrogens with zero attached hydrogens (tertiary/aromatic N) is 3. The first-order valence-electron chi connectivity index (χ1n) is 7.65. The highest BCUT2D eigenvalue weighted by molar-refractivity contribution is 7.99. The fraction of sp³-hybridized carbons (Fsp3) is 0.500. The van der Waals surface area contributed by atoms with Gasteiger partial charge in [0.2, 0.25) is 5.91 Å². The lowest BCUT2D eigenvalue weighted by atomic mass is 10.2. The summed E-state index contributed by atoms with van der Waals surface area (Å²) in [7, 11) is 0. The topological polar surface area (TPSA) is 49.6 Å². The molecule has 5 nitrogen and oxygen atoms in total. The average Bonchev–Trinajstić information content (AvgIpc) is 2.89. The normalized spacial score (nSPS) is 17.2. The molecule has 2 aromatic heterocycles. The van der Waals surface area contributed by atoms with E-state index in [1.807, 2.05) is 21.6 Å². The molecule has 1 saturated heterocycles. The SMILES string of the molecule is Cc1ccc2nc(CSCC(=O)N3CCNC(C)C3)cn2c1.Cl.Cl. The number of hydrogen-bond acceptors (Lipinski definition) is 4. The molecule has 1 aliphatic rings. The lowest BCUT2D eigenvalue weighted by Gasteiger charge is -2.31. The van der Waals surface area contributed by atoms with Gasteiger partial charge < -0.3 is 14.6 Å². The standard InChI is InChI=1S/C16H22N4OS.2ClH/c1-12-3-4-15-18-14(9-20(15)7-12)10-22-11-16(21)19-6-5-17-13(2)8-19;;/h3-4,7,9,13,17H,5-6,8,10-11H2,1-2H3;2*1H. The van der Waals surface area contributed by atoms with Gasteiger partial charge in [-0.2, -0.15) is 0 Å². The van der Waals surface area contributed by atoms with Crippen LogP contribution in [0.2, 0.25) is 0 Å². The maximum absolute atomic E-state index is 12.2. The van der Waals surface area contributed by atoms with E-state index >= 15 is 0 Å². The first-order valence-corrected chi connectivity index (χ1v) is 8.80. The van der Waals surface area contributed by atoms with E-state index in [1.165, 1.54) is 5.56 Å². The molecule has 3 heterocycles. The molecular weight excluding hydrogens is 367 g/mol. The molecule has 2 aromatic rings. The Bertz CT molecular complexity index is 679. The second-order valence-corrected chi connectivity index (χ2v) is 6.88. The number of thioether (sulfide) groups is 1. The van der Waals surface area contributed by atoms with E-state index in [1.54, 1.807) is 11.8 Å². The number of rotatable bonds is 4. The van der Waals surface area contributed by atoms with Crippen LogP contribution < -0.4 is 5.32 Å². The van der Waals surface area contributed by atoms with Gasteiger partial charge in [0.25, 0.3) is 0 Å². The van der Waals surface area contributed by atoms with Crippen LogP contribution in [0.5, 0.6) is 0 Å². The van der Waals surface area contributed by atoms with Crippen LogP contribution in [0.1, 0.15) is 18.2 Å². The van der Waals surface area contributed by atoms with Crippen molar-refractivity contribution >= 4 is 48.1 Å². The van der Waals surface area contributed by atoms with Gasteiger partial charge in [-0.25, -0.2) is 4.98 Å². The molecule has 1 atom stereocenters. The smallest absolute Gasteiger partial charge is 0.232 e. The lowest BCUT2D eigenvalue weighted by molar-refractivity contribution is -0.129. The minimum absolute atomic E-state index is 0. The molecular formula is C16H24Cl2N4OS. The Kier molecular flexibility index (Phi) is 8.36. The molecule has 0 spiro atoms. The summed E-state index contributed by atoms with van der Waals surface area (Å²) in [5.41, 5.74) is 3.20. The molecule has 8 heteroatoms. The number of fused-ring (bicyclic) bond motifs is 1. The molecule has 1 N–H and O–H groups in total. The highest BCUT2D eigenvalue weighted by Crippen LogP contribution is 2.14. The highest BCUT2D eigenvalue weighted by atomic mass is 35.5. The molecule has 0 radical (unpaired) electrons. The maximum Gasteiger partial charge on any atom is 0.232 e. The van der Waals surface area contributed by atoms with Gasteiger partial charge in [-0.15, -0.1) is 36.6 Å². The molecule has 0 aliphatic carbocycles. The number of amides is 1. The van der Waals surface area contributed by atoms with Gasteiger partial charge in [0.1, 0.15) is 5.65 Å². The number of nitrogens with one attached hydrogen (secondary N) is 1. The third-order valence-electron chi connectivity index (χ3n) is 3.85. The van der Waals surface area contributed by atoms with E-state index < -0.39 is 0 Å².